The summed E-state index contributed by atoms with van der Waals surface area (Å²) in [5.74, 6) is -0.275. The van der Waals surface area contributed by atoms with Crippen LogP contribution in [0.4, 0.5) is 4.39 Å². The fourth-order valence-corrected chi connectivity index (χ4v) is 2.69. The molecule has 1 aromatic heterocycles. The summed E-state index contributed by atoms with van der Waals surface area (Å²) in [4.78, 5) is 1.46. The van der Waals surface area contributed by atoms with E-state index in [1.165, 1.54) is 11.3 Å². The Hall–Kier alpha value is -0.580. The molecule has 4 heteroatoms. The SMILES string of the molecule is CSc1ccc2sc(CO)c(F)c2c1. The Labute approximate surface area is 89.6 Å². The van der Waals surface area contributed by atoms with Crippen LogP contribution in [0.2, 0.25) is 0 Å². The van der Waals surface area contributed by atoms with Crippen molar-refractivity contribution in [2.75, 3.05) is 6.26 Å². The maximum Gasteiger partial charge on any atom is 0.147 e. The van der Waals surface area contributed by atoms with Crippen LogP contribution in [-0.4, -0.2) is 11.4 Å². The third kappa shape index (κ3) is 1.54. The number of halogens is 1. The van der Waals surface area contributed by atoms with Crippen LogP contribution in [-0.2, 0) is 6.61 Å². The molecule has 2 aromatic rings. The predicted octanol–water partition coefficient (Wildman–Crippen LogP) is 3.25. The van der Waals surface area contributed by atoms with Gasteiger partial charge in [-0.3, -0.25) is 0 Å². The molecule has 74 valence electrons. The van der Waals surface area contributed by atoms with E-state index in [1.54, 1.807) is 11.8 Å². The highest BCUT2D eigenvalue weighted by Crippen LogP contribution is 2.32. The van der Waals surface area contributed by atoms with Gasteiger partial charge in [-0.1, -0.05) is 0 Å². The van der Waals surface area contributed by atoms with Gasteiger partial charge in [-0.15, -0.1) is 23.1 Å². The Balaban J connectivity index is 2.68. The molecule has 0 saturated carbocycles. The smallest absolute Gasteiger partial charge is 0.147 e. The van der Waals surface area contributed by atoms with Gasteiger partial charge in [0.15, 0.2) is 0 Å². The van der Waals surface area contributed by atoms with E-state index < -0.39 is 0 Å². The minimum absolute atomic E-state index is 0.222. The highest BCUT2D eigenvalue weighted by molar-refractivity contribution is 7.98. The van der Waals surface area contributed by atoms with E-state index in [2.05, 4.69) is 0 Å². The van der Waals surface area contributed by atoms with Gasteiger partial charge in [-0.05, 0) is 24.5 Å². The Morgan fingerprint density at radius 2 is 2.29 bits per heavy atom. The molecule has 0 bridgehead atoms. The molecule has 0 aliphatic rings. The van der Waals surface area contributed by atoms with Crippen molar-refractivity contribution in [1.82, 2.24) is 0 Å². The lowest BCUT2D eigenvalue weighted by molar-refractivity contribution is 0.280. The zero-order valence-electron chi connectivity index (χ0n) is 7.58. The van der Waals surface area contributed by atoms with Gasteiger partial charge >= 0.3 is 0 Å². The Morgan fingerprint density at radius 3 is 2.93 bits per heavy atom. The third-order valence-electron chi connectivity index (χ3n) is 2.04. The van der Waals surface area contributed by atoms with E-state index in [0.717, 1.165) is 9.60 Å². The van der Waals surface area contributed by atoms with Crippen molar-refractivity contribution in [3.63, 3.8) is 0 Å². The standard InChI is InChI=1S/C10H9FOS2/c1-13-6-2-3-8-7(4-6)10(11)9(5-12)14-8/h2-4,12H,5H2,1H3. The summed E-state index contributed by atoms with van der Waals surface area (Å²) in [7, 11) is 0. The molecular formula is C10H9FOS2. The lowest BCUT2D eigenvalue weighted by atomic mass is 10.2. The molecule has 0 aliphatic heterocycles. The van der Waals surface area contributed by atoms with Crippen molar-refractivity contribution >= 4 is 33.2 Å². The first-order chi connectivity index (χ1) is 6.76. The zero-order chi connectivity index (χ0) is 10.1. The monoisotopic (exact) mass is 228 g/mol. The molecule has 0 saturated heterocycles. The average molecular weight is 228 g/mol. The number of benzene rings is 1. The average Bonchev–Trinajstić information content (AvgIpc) is 2.55. The first kappa shape index (κ1) is 9.96. The summed E-state index contributed by atoms with van der Waals surface area (Å²) >= 11 is 2.89. The molecule has 0 atom stereocenters. The predicted molar refractivity (Wildman–Crippen MR) is 59.5 cm³/mol. The van der Waals surface area contributed by atoms with Crippen molar-refractivity contribution in [3.05, 3.63) is 28.9 Å². The maximum absolute atomic E-state index is 13.6. The lowest BCUT2D eigenvalue weighted by Gasteiger charge is -1.95. The highest BCUT2D eigenvalue weighted by atomic mass is 32.2. The van der Waals surface area contributed by atoms with Gasteiger partial charge in [0.25, 0.3) is 0 Å². The molecule has 14 heavy (non-hydrogen) atoms. The number of hydrogen-bond donors (Lipinski definition) is 1. The molecule has 0 radical (unpaired) electrons. The van der Waals surface area contributed by atoms with E-state index in [1.807, 2.05) is 24.5 Å². The third-order valence-corrected chi connectivity index (χ3v) is 3.90. The van der Waals surface area contributed by atoms with Crippen LogP contribution in [0.15, 0.2) is 23.1 Å². The number of fused-ring (bicyclic) bond motifs is 1. The van der Waals surface area contributed by atoms with Crippen molar-refractivity contribution in [1.29, 1.82) is 0 Å². The second-order valence-corrected chi connectivity index (χ2v) is 4.88. The molecule has 2 rings (SSSR count). The summed E-state index contributed by atoms with van der Waals surface area (Å²) in [6.45, 7) is -0.222. The quantitative estimate of drug-likeness (QED) is 0.796. The lowest BCUT2D eigenvalue weighted by Crippen LogP contribution is -1.80. The molecule has 0 fully saturated rings. The van der Waals surface area contributed by atoms with Gasteiger partial charge in [0.1, 0.15) is 5.82 Å². The van der Waals surface area contributed by atoms with Gasteiger partial charge < -0.3 is 5.11 Å². The van der Waals surface area contributed by atoms with E-state index in [9.17, 15) is 4.39 Å². The minimum atomic E-state index is -0.275. The van der Waals surface area contributed by atoms with Crippen molar-refractivity contribution < 1.29 is 9.50 Å². The fraction of sp³-hybridized carbons (Fsp3) is 0.200. The normalized spacial score (nSPS) is 11.1. The van der Waals surface area contributed by atoms with Gasteiger partial charge in [-0.2, -0.15) is 0 Å². The molecule has 0 unspecified atom stereocenters. The molecule has 0 aliphatic carbocycles. The first-order valence-electron chi connectivity index (χ1n) is 4.12. The van der Waals surface area contributed by atoms with Crippen molar-refractivity contribution in [2.45, 2.75) is 11.5 Å². The first-order valence-corrected chi connectivity index (χ1v) is 6.16. The molecule has 1 nitrogen and oxygen atoms in total. The number of aliphatic hydroxyl groups is 1. The fourth-order valence-electron chi connectivity index (χ4n) is 1.33. The Bertz CT molecular complexity index is 464. The van der Waals surface area contributed by atoms with E-state index in [-0.39, 0.29) is 12.4 Å². The molecule has 1 heterocycles. The van der Waals surface area contributed by atoms with E-state index in [0.29, 0.717) is 10.3 Å². The Morgan fingerprint density at radius 1 is 1.50 bits per heavy atom. The Kier molecular flexibility index (Phi) is 2.76. The van der Waals surface area contributed by atoms with Crippen LogP contribution >= 0.6 is 23.1 Å². The van der Waals surface area contributed by atoms with Crippen LogP contribution in [0, 0.1) is 5.82 Å². The van der Waals surface area contributed by atoms with Gasteiger partial charge in [0.05, 0.1) is 11.5 Å². The van der Waals surface area contributed by atoms with Crippen LogP contribution in [0.3, 0.4) is 0 Å². The summed E-state index contributed by atoms with van der Waals surface area (Å²) in [5.41, 5.74) is 0. The largest absolute Gasteiger partial charge is 0.391 e. The summed E-state index contributed by atoms with van der Waals surface area (Å²) < 4.78 is 14.5. The summed E-state index contributed by atoms with van der Waals surface area (Å²) in [6, 6.07) is 5.68. The van der Waals surface area contributed by atoms with E-state index in [4.69, 9.17) is 5.11 Å². The summed E-state index contributed by atoms with van der Waals surface area (Å²) in [5, 5.41) is 9.53. The van der Waals surface area contributed by atoms with Crippen molar-refractivity contribution in [2.24, 2.45) is 0 Å². The number of hydrogen-bond acceptors (Lipinski definition) is 3. The van der Waals surface area contributed by atoms with Gasteiger partial charge in [-0.25, -0.2) is 4.39 Å². The number of thioether (sulfide) groups is 1. The number of rotatable bonds is 2. The number of thiophene rings is 1. The van der Waals surface area contributed by atoms with Gasteiger partial charge in [0, 0.05) is 15.0 Å². The minimum Gasteiger partial charge on any atom is -0.391 e. The highest BCUT2D eigenvalue weighted by Gasteiger charge is 2.10. The molecule has 1 aromatic carbocycles. The molecule has 1 N–H and O–H groups in total. The molecule has 0 amide bonds. The van der Waals surface area contributed by atoms with Crippen LogP contribution in [0.5, 0.6) is 0 Å². The van der Waals surface area contributed by atoms with Crippen molar-refractivity contribution in [3.8, 4) is 0 Å². The zero-order valence-corrected chi connectivity index (χ0v) is 9.21. The second-order valence-electron chi connectivity index (χ2n) is 2.86. The second kappa shape index (κ2) is 3.88. The number of aliphatic hydroxyl groups excluding tert-OH is 1. The topological polar surface area (TPSA) is 20.2 Å². The molecular weight excluding hydrogens is 219 g/mol. The van der Waals surface area contributed by atoms with Gasteiger partial charge in [0.2, 0.25) is 0 Å². The van der Waals surface area contributed by atoms with Crippen LogP contribution < -0.4 is 0 Å². The van der Waals surface area contributed by atoms with Crippen LogP contribution in [0.1, 0.15) is 4.88 Å². The maximum atomic E-state index is 13.6. The van der Waals surface area contributed by atoms with E-state index >= 15 is 0 Å². The van der Waals surface area contributed by atoms with Crippen LogP contribution in [0.25, 0.3) is 10.1 Å². The summed E-state index contributed by atoms with van der Waals surface area (Å²) in [6.07, 6.45) is 1.96. The molecule has 0 spiro atoms.